The second kappa shape index (κ2) is 6.93. The van der Waals surface area contributed by atoms with Crippen molar-refractivity contribution in [2.45, 2.75) is 44.9 Å². The van der Waals surface area contributed by atoms with Gasteiger partial charge in [0.05, 0.1) is 15.8 Å². The number of thiophene rings is 1. The van der Waals surface area contributed by atoms with Gasteiger partial charge in [0.15, 0.2) is 0 Å². The van der Waals surface area contributed by atoms with Gasteiger partial charge in [-0.3, -0.25) is 4.99 Å². The van der Waals surface area contributed by atoms with E-state index < -0.39 is 12.1 Å². The Labute approximate surface area is 158 Å². The van der Waals surface area contributed by atoms with Crippen LogP contribution in [0.2, 0.25) is 0 Å². The van der Waals surface area contributed by atoms with Gasteiger partial charge in [-0.05, 0) is 67.8 Å². The van der Waals surface area contributed by atoms with Gasteiger partial charge in [0, 0.05) is 17.8 Å². The molecule has 1 saturated carbocycles. The van der Waals surface area contributed by atoms with Gasteiger partial charge >= 0.3 is 6.18 Å². The molecule has 1 aliphatic heterocycles. The summed E-state index contributed by atoms with van der Waals surface area (Å²) in [6.07, 6.45) is -1.10. The van der Waals surface area contributed by atoms with Crippen LogP contribution in [0, 0.1) is 24.6 Å². The molecule has 0 radical (unpaired) electrons. The molecule has 0 N–H and O–H groups in total. The summed E-state index contributed by atoms with van der Waals surface area (Å²) in [7, 11) is 0. The Morgan fingerprint density at radius 1 is 1.07 bits per heavy atom. The molecule has 4 rings (SSSR count). The zero-order valence-electron chi connectivity index (χ0n) is 14.8. The molecule has 1 aliphatic carbocycles. The van der Waals surface area contributed by atoms with Crippen LogP contribution in [0.1, 0.15) is 31.2 Å². The number of fused-ring (bicyclic) bond motifs is 1. The van der Waals surface area contributed by atoms with Gasteiger partial charge in [-0.2, -0.15) is 13.2 Å². The summed E-state index contributed by atoms with van der Waals surface area (Å²) in [6.45, 7) is 2.00. The Morgan fingerprint density at radius 2 is 1.74 bits per heavy atom. The highest BCUT2D eigenvalue weighted by molar-refractivity contribution is 7.07. The highest BCUT2D eigenvalue weighted by Gasteiger charge is 2.43. The predicted molar refractivity (Wildman–Crippen MR) is 98.5 cm³/mol. The molecule has 2 aromatic rings. The van der Waals surface area contributed by atoms with Gasteiger partial charge in [0.2, 0.25) is 0 Å². The van der Waals surface area contributed by atoms with Crippen LogP contribution in [0.25, 0.3) is 6.20 Å². The van der Waals surface area contributed by atoms with Gasteiger partial charge < -0.3 is 4.90 Å². The molecule has 2 nitrogen and oxygen atoms in total. The number of hydrogen-bond acceptors (Lipinski definition) is 3. The number of hydrogen-bond donors (Lipinski definition) is 0. The number of rotatable bonds is 2. The summed E-state index contributed by atoms with van der Waals surface area (Å²) in [5.74, 6) is -1.49. The summed E-state index contributed by atoms with van der Waals surface area (Å²) in [5.41, 5.74) is 1.89. The molecule has 7 heteroatoms. The lowest BCUT2D eigenvalue weighted by Gasteiger charge is -2.39. The molecule has 1 aromatic heterocycles. The first-order chi connectivity index (χ1) is 12.8. The molecule has 0 bridgehead atoms. The SMILES string of the molecule is Cc1csc2c1=NC(C1CCC(C(F)(F)F)CC1)N(c1ccc(F)cc1)C=2. The Balaban J connectivity index is 1.67. The molecule has 1 aromatic carbocycles. The van der Waals surface area contributed by atoms with E-state index in [0.717, 1.165) is 21.1 Å². The third-order valence-corrected chi connectivity index (χ3v) is 6.58. The smallest absolute Gasteiger partial charge is 0.324 e. The van der Waals surface area contributed by atoms with Crippen molar-refractivity contribution in [1.82, 2.24) is 0 Å². The van der Waals surface area contributed by atoms with Crippen LogP contribution >= 0.6 is 11.3 Å². The Bertz CT molecular complexity index is 924. The van der Waals surface area contributed by atoms with E-state index in [1.165, 1.54) is 12.1 Å². The van der Waals surface area contributed by atoms with Crippen LogP contribution in [-0.2, 0) is 0 Å². The van der Waals surface area contributed by atoms with Crippen LogP contribution < -0.4 is 14.8 Å². The number of benzene rings is 1. The van der Waals surface area contributed by atoms with Gasteiger partial charge in [-0.15, -0.1) is 11.3 Å². The van der Waals surface area contributed by atoms with Crippen molar-refractivity contribution in [3.05, 3.63) is 50.9 Å². The van der Waals surface area contributed by atoms with Gasteiger partial charge in [0.25, 0.3) is 0 Å². The fourth-order valence-corrected chi connectivity index (χ4v) is 4.94. The summed E-state index contributed by atoms with van der Waals surface area (Å²) in [4.78, 5) is 6.92. The topological polar surface area (TPSA) is 15.6 Å². The van der Waals surface area contributed by atoms with Crippen LogP contribution in [0.15, 0.2) is 34.6 Å². The summed E-state index contributed by atoms with van der Waals surface area (Å²) in [5, 5.41) is 2.97. The van der Waals surface area contributed by atoms with E-state index in [9.17, 15) is 17.6 Å². The van der Waals surface area contributed by atoms with Crippen molar-refractivity contribution in [3.63, 3.8) is 0 Å². The zero-order valence-corrected chi connectivity index (χ0v) is 15.7. The first-order valence-electron chi connectivity index (χ1n) is 9.07. The monoisotopic (exact) mass is 396 g/mol. The van der Waals surface area contributed by atoms with Gasteiger partial charge in [0.1, 0.15) is 12.0 Å². The van der Waals surface area contributed by atoms with E-state index in [-0.39, 0.29) is 30.7 Å². The van der Waals surface area contributed by atoms with E-state index >= 15 is 0 Å². The maximum Gasteiger partial charge on any atom is 0.391 e. The summed E-state index contributed by atoms with van der Waals surface area (Å²) in [6, 6.07) is 6.19. The lowest BCUT2D eigenvalue weighted by molar-refractivity contribution is -0.184. The largest absolute Gasteiger partial charge is 0.391 e. The third kappa shape index (κ3) is 3.61. The molecule has 0 amide bonds. The van der Waals surface area contributed by atoms with Crippen LogP contribution in [0.3, 0.4) is 0 Å². The number of nitrogens with zero attached hydrogens (tertiary/aromatic N) is 2. The molecular formula is C20H20F4N2S. The highest BCUT2D eigenvalue weighted by Crippen LogP contribution is 2.42. The normalized spacial score (nSPS) is 25.5. The molecule has 27 heavy (non-hydrogen) atoms. The second-order valence-electron chi connectivity index (χ2n) is 7.34. The Kier molecular flexibility index (Phi) is 4.74. The number of alkyl halides is 3. The van der Waals surface area contributed by atoms with Crippen LogP contribution in [0.4, 0.5) is 23.2 Å². The van der Waals surface area contributed by atoms with Gasteiger partial charge in [-0.25, -0.2) is 4.39 Å². The lowest BCUT2D eigenvalue weighted by atomic mass is 9.79. The Morgan fingerprint density at radius 3 is 2.37 bits per heavy atom. The van der Waals surface area contributed by atoms with Crippen molar-refractivity contribution in [2.75, 3.05) is 4.90 Å². The van der Waals surface area contributed by atoms with E-state index in [4.69, 9.17) is 4.99 Å². The van der Waals surface area contributed by atoms with Crippen molar-refractivity contribution in [2.24, 2.45) is 16.8 Å². The first-order valence-corrected chi connectivity index (χ1v) is 9.95. The van der Waals surface area contributed by atoms with E-state index in [1.807, 2.05) is 23.4 Å². The number of anilines is 1. The highest BCUT2D eigenvalue weighted by atomic mass is 32.1. The molecule has 2 aliphatic rings. The maximum atomic E-state index is 13.3. The quantitative estimate of drug-likeness (QED) is 0.668. The van der Waals surface area contributed by atoms with Crippen molar-refractivity contribution in [3.8, 4) is 0 Å². The standard InChI is InChI=1S/C20H20F4N2S/c1-12-11-27-17-10-26(16-8-6-15(21)7-9-16)19(25-18(12)17)13-2-4-14(5-3-13)20(22,23)24/h6-11,13-14,19H,2-5H2,1H3. The van der Waals surface area contributed by atoms with E-state index in [0.29, 0.717) is 12.8 Å². The van der Waals surface area contributed by atoms with Gasteiger partial charge in [-0.1, -0.05) is 0 Å². The minimum Gasteiger partial charge on any atom is -0.324 e. The van der Waals surface area contributed by atoms with E-state index in [2.05, 4.69) is 0 Å². The molecule has 1 unspecified atom stereocenters. The number of aryl methyl sites for hydroxylation is 1. The molecule has 0 spiro atoms. The van der Waals surface area contributed by atoms with Crippen molar-refractivity contribution >= 4 is 23.2 Å². The first kappa shape index (κ1) is 18.5. The molecule has 2 heterocycles. The van der Waals surface area contributed by atoms with Crippen molar-refractivity contribution < 1.29 is 17.6 Å². The second-order valence-corrected chi connectivity index (χ2v) is 8.25. The lowest BCUT2D eigenvalue weighted by Crippen LogP contribution is -2.46. The van der Waals surface area contributed by atoms with Crippen LogP contribution in [0.5, 0.6) is 0 Å². The third-order valence-electron chi connectivity index (χ3n) is 5.55. The molecular weight excluding hydrogens is 376 g/mol. The Hall–Kier alpha value is -1.89. The minimum atomic E-state index is -4.12. The maximum absolute atomic E-state index is 13.3. The average Bonchev–Trinajstić information content (AvgIpc) is 3.01. The molecule has 144 valence electrons. The molecule has 1 atom stereocenters. The van der Waals surface area contributed by atoms with Crippen LogP contribution in [-0.4, -0.2) is 12.3 Å². The average molecular weight is 396 g/mol. The number of halogens is 4. The predicted octanol–water partition coefficient (Wildman–Crippen LogP) is 4.77. The summed E-state index contributed by atoms with van der Waals surface area (Å²) < 4.78 is 53.4. The summed E-state index contributed by atoms with van der Waals surface area (Å²) >= 11 is 1.59. The van der Waals surface area contributed by atoms with Crippen molar-refractivity contribution in [1.29, 1.82) is 0 Å². The fraction of sp³-hybridized carbons (Fsp3) is 0.450. The molecule has 1 fully saturated rings. The zero-order chi connectivity index (χ0) is 19.2. The molecule has 0 saturated heterocycles. The fourth-order valence-electron chi connectivity index (χ4n) is 4.03. The minimum absolute atomic E-state index is 0.0392. The van der Waals surface area contributed by atoms with E-state index in [1.54, 1.807) is 23.5 Å².